The molecular formula is C16H17ClNO2P. The molecule has 2 aromatic rings. The van der Waals surface area contributed by atoms with Gasteiger partial charge in [-0.05, 0) is 22.9 Å². The lowest BCUT2D eigenvalue weighted by molar-refractivity contribution is 0.406. The molecule has 0 aliphatic carbocycles. The second kappa shape index (κ2) is 6.95. The van der Waals surface area contributed by atoms with Gasteiger partial charge in [-0.3, -0.25) is 0 Å². The molecule has 0 bridgehead atoms. The molecule has 0 fully saturated rings. The van der Waals surface area contributed by atoms with Crippen molar-refractivity contribution >= 4 is 28.9 Å². The molecular weight excluding hydrogens is 305 g/mol. The van der Waals surface area contributed by atoms with E-state index in [0.29, 0.717) is 18.8 Å². The summed E-state index contributed by atoms with van der Waals surface area (Å²) in [6.45, 7) is 4.52. The monoisotopic (exact) mass is 321 g/mol. The van der Waals surface area contributed by atoms with Gasteiger partial charge in [-0.25, -0.2) is 9.24 Å². The lowest BCUT2D eigenvalue weighted by atomic mass is 10.1. The zero-order chi connectivity index (χ0) is 15.3. The number of fused-ring (bicyclic) bond motifs is 1. The van der Waals surface area contributed by atoms with E-state index in [9.17, 15) is 4.57 Å². The van der Waals surface area contributed by atoms with E-state index in [2.05, 4.69) is 13.2 Å². The minimum absolute atomic E-state index is 0.361. The van der Waals surface area contributed by atoms with Crippen LogP contribution in [-0.4, -0.2) is 17.8 Å². The van der Waals surface area contributed by atoms with Crippen molar-refractivity contribution < 1.29 is 9.09 Å². The summed E-state index contributed by atoms with van der Waals surface area (Å²) >= 11 is 6.11. The van der Waals surface area contributed by atoms with Crippen molar-refractivity contribution in [1.82, 2.24) is 4.67 Å². The molecule has 1 unspecified atom stereocenters. The first kappa shape index (κ1) is 15.8. The van der Waals surface area contributed by atoms with Crippen molar-refractivity contribution in [3.63, 3.8) is 0 Å². The molecule has 21 heavy (non-hydrogen) atoms. The third-order valence-corrected chi connectivity index (χ3v) is 5.24. The molecule has 1 atom stereocenters. The van der Waals surface area contributed by atoms with Gasteiger partial charge in [0.25, 0.3) is 0 Å². The van der Waals surface area contributed by atoms with Crippen molar-refractivity contribution in [3.05, 3.63) is 67.8 Å². The molecule has 0 N–H and O–H groups in total. The summed E-state index contributed by atoms with van der Waals surface area (Å²) in [5.74, 6) is 0.477. The summed E-state index contributed by atoms with van der Waals surface area (Å²) in [5, 5.41) is 2.09. The number of benzene rings is 2. The van der Waals surface area contributed by atoms with E-state index >= 15 is 0 Å². The van der Waals surface area contributed by atoms with E-state index in [1.165, 1.54) is 4.67 Å². The van der Waals surface area contributed by atoms with Crippen LogP contribution in [0.1, 0.15) is 0 Å². The second-order valence-corrected chi connectivity index (χ2v) is 7.43. The number of halogens is 1. The van der Waals surface area contributed by atoms with Gasteiger partial charge >= 0.3 is 6.87 Å². The Morgan fingerprint density at radius 3 is 2.33 bits per heavy atom. The Morgan fingerprint density at radius 1 is 1.10 bits per heavy atom. The molecule has 2 aromatic carbocycles. The largest absolute Gasteiger partial charge is 0.422 e. The standard InChI is InChI=1S/C16H17ClNO2P/c1-3-11-18(12-4-2)21(17,19)20-16-10-9-14-7-5-6-8-15(14)13-16/h3-10,13H,1-2,11-12H2. The van der Waals surface area contributed by atoms with Crippen molar-refractivity contribution in [3.8, 4) is 5.75 Å². The average Bonchev–Trinajstić information content (AvgIpc) is 2.46. The second-order valence-electron chi connectivity index (χ2n) is 4.50. The molecule has 0 heterocycles. The predicted octanol–water partition coefficient (Wildman–Crippen LogP) is 5.24. The van der Waals surface area contributed by atoms with Gasteiger partial charge in [-0.15, -0.1) is 13.2 Å². The van der Waals surface area contributed by atoms with Crippen LogP contribution in [0.25, 0.3) is 10.8 Å². The van der Waals surface area contributed by atoms with E-state index in [1.54, 1.807) is 18.2 Å². The average molecular weight is 322 g/mol. The smallest absolute Gasteiger partial charge is 0.412 e. The van der Waals surface area contributed by atoms with Gasteiger partial charge in [0.15, 0.2) is 0 Å². The Labute approximate surface area is 129 Å². The van der Waals surface area contributed by atoms with Gasteiger partial charge in [0, 0.05) is 24.3 Å². The summed E-state index contributed by atoms with van der Waals surface area (Å²) in [5.41, 5.74) is 0. The van der Waals surface area contributed by atoms with Crippen molar-refractivity contribution in [1.29, 1.82) is 0 Å². The van der Waals surface area contributed by atoms with Gasteiger partial charge < -0.3 is 4.52 Å². The van der Waals surface area contributed by atoms with Gasteiger partial charge in [0.2, 0.25) is 0 Å². The maximum absolute atomic E-state index is 12.6. The third-order valence-electron chi connectivity index (χ3n) is 2.96. The minimum atomic E-state index is -3.47. The zero-order valence-electron chi connectivity index (χ0n) is 11.6. The molecule has 2 rings (SSSR count). The fourth-order valence-electron chi connectivity index (χ4n) is 1.98. The third kappa shape index (κ3) is 3.98. The minimum Gasteiger partial charge on any atom is -0.422 e. The zero-order valence-corrected chi connectivity index (χ0v) is 13.3. The van der Waals surface area contributed by atoms with E-state index in [4.69, 9.17) is 15.8 Å². The van der Waals surface area contributed by atoms with Gasteiger partial charge in [-0.1, -0.05) is 42.5 Å². The summed E-state index contributed by atoms with van der Waals surface area (Å²) in [6.07, 6.45) is 3.25. The molecule has 0 spiro atoms. The van der Waals surface area contributed by atoms with Crippen LogP contribution in [0, 0.1) is 0 Å². The van der Waals surface area contributed by atoms with E-state index in [-0.39, 0.29) is 0 Å². The Morgan fingerprint density at radius 2 is 1.71 bits per heavy atom. The molecule has 0 saturated carbocycles. The van der Waals surface area contributed by atoms with E-state index in [1.807, 2.05) is 36.4 Å². The molecule has 0 radical (unpaired) electrons. The lowest BCUT2D eigenvalue weighted by Crippen LogP contribution is -2.20. The van der Waals surface area contributed by atoms with Crippen LogP contribution in [0.15, 0.2) is 67.8 Å². The fourth-order valence-corrected chi connectivity index (χ4v) is 3.70. The van der Waals surface area contributed by atoms with E-state index < -0.39 is 6.87 Å². The van der Waals surface area contributed by atoms with Gasteiger partial charge in [-0.2, -0.15) is 0 Å². The van der Waals surface area contributed by atoms with Gasteiger partial charge in [0.1, 0.15) is 5.75 Å². The number of hydrogen-bond donors (Lipinski definition) is 0. The summed E-state index contributed by atoms with van der Waals surface area (Å²) in [4.78, 5) is 0. The van der Waals surface area contributed by atoms with Crippen LogP contribution < -0.4 is 4.52 Å². The summed E-state index contributed by atoms with van der Waals surface area (Å²) < 4.78 is 19.6. The molecule has 3 nitrogen and oxygen atoms in total. The Hall–Kier alpha value is -1.54. The molecule has 0 aliphatic rings. The first-order valence-corrected chi connectivity index (χ1v) is 9.00. The fraction of sp³-hybridized carbons (Fsp3) is 0.125. The highest BCUT2D eigenvalue weighted by atomic mass is 35.7. The Bertz CT molecular complexity index is 691. The predicted molar refractivity (Wildman–Crippen MR) is 90.0 cm³/mol. The highest BCUT2D eigenvalue weighted by Crippen LogP contribution is 2.55. The van der Waals surface area contributed by atoms with Crippen LogP contribution in [0.5, 0.6) is 5.75 Å². The van der Waals surface area contributed by atoms with Crippen LogP contribution >= 0.6 is 18.1 Å². The number of rotatable bonds is 7. The Kier molecular flexibility index (Phi) is 5.24. The molecule has 0 amide bonds. The SMILES string of the molecule is C=CCN(CC=C)P(=O)(Cl)Oc1ccc2ccccc2c1. The van der Waals surface area contributed by atoms with Crippen molar-refractivity contribution in [2.45, 2.75) is 0 Å². The number of nitrogens with zero attached hydrogens (tertiary/aromatic N) is 1. The summed E-state index contributed by atoms with van der Waals surface area (Å²) in [7, 11) is 0. The first-order chi connectivity index (χ1) is 10.1. The maximum atomic E-state index is 12.6. The van der Waals surface area contributed by atoms with Crippen molar-refractivity contribution in [2.24, 2.45) is 0 Å². The van der Waals surface area contributed by atoms with Crippen molar-refractivity contribution in [2.75, 3.05) is 13.1 Å². The molecule has 110 valence electrons. The highest BCUT2D eigenvalue weighted by Gasteiger charge is 2.29. The molecule has 0 aromatic heterocycles. The maximum Gasteiger partial charge on any atom is 0.412 e. The molecule has 5 heteroatoms. The van der Waals surface area contributed by atoms with Crippen LogP contribution in [0.2, 0.25) is 0 Å². The lowest BCUT2D eigenvalue weighted by Gasteiger charge is -2.24. The quantitative estimate of drug-likeness (QED) is 0.516. The van der Waals surface area contributed by atoms with E-state index in [0.717, 1.165) is 10.8 Å². The first-order valence-electron chi connectivity index (χ1n) is 6.52. The summed E-state index contributed by atoms with van der Waals surface area (Å²) in [6, 6.07) is 13.4. The van der Waals surface area contributed by atoms with Gasteiger partial charge in [0.05, 0.1) is 0 Å². The normalized spacial score (nSPS) is 13.8. The van der Waals surface area contributed by atoms with Crippen LogP contribution in [0.4, 0.5) is 0 Å². The molecule has 0 saturated heterocycles. The Balaban J connectivity index is 2.26. The highest BCUT2D eigenvalue weighted by molar-refractivity contribution is 7.83. The number of hydrogen-bond acceptors (Lipinski definition) is 2. The topological polar surface area (TPSA) is 29.5 Å². The van der Waals surface area contributed by atoms with Crippen LogP contribution in [0.3, 0.4) is 0 Å². The van der Waals surface area contributed by atoms with Crippen LogP contribution in [-0.2, 0) is 4.57 Å². The molecule has 0 aliphatic heterocycles.